The zero-order chi connectivity index (χ0) is 13.0. The van der Waals surface area contributed by atoms with Crippen LogP contribution in [0.3, 0.4) is 0 Å². The number of hydrogen-bond donors (Lipinski definition) is 1. The number of nitrogens with zero attached hydrogens (tertiary/aromatic N) is 1. The zero-order valence-electron chi connectivity index (χ0n) is 10.2. The van der Waals surface area contributed by atoms with Gasteiger partial charge in [-0.3, -0.25) is 4.90 Å². The van der Waals surface area contributed by atoms with Gasteiger partial charge in [0.05, 0.1) is 17.7 Å². The lowest BCUT2D eigenvalue weighted by Crippen LogP contribution is -2.36. The topological polar surface area (TPSA) is 32.7 Å². The van der Waals surface area contributed by atoms with Crippen molar-refractivity contribution >= 4 is 27.5 Å². The Morgan fingerprint density at radius 3 is 2.78 bits per heavy atom. The van der Waals surface area contributed by atoms with E-state index in [0.29, 0.717) is 15.2 Å². The largest absolute Gasteiger partial charge is 0.506 e. The first-order valence-corrected chi connectivity index (χ1v) is 7.31. The summed E-state index contributed by atoms with van der Waals surface area (Å²) in [4.78, 5) is 2.39. The molecule has 1 fully saturated rings. The Morgan fingerprint density at radius 1 is 1.33 bits per heavy atom. The van der Waals surface area contributed by atoms with Crippen LogP contribution in [-0.2, 0) is 11.2 Å². The molecule has 0 aromatic heterocycles. The van der Waals surface area contributed by atoms with Crippen LogP contribution in [0.2, 0.25) is 5.02 Å². The summed E-state index contributed by atoms with van der Waals surface area (Å²) in [6.07, 6.45) is 1.85. The van der Waals surface area contributed by atoms with E-state index in [1.807, 2.05) is 6.07 Å². The molecule has 2 rings (SSSR count). The summed E-state index contributed by atoms with van der Waals surface area (Å²) >= 11 is 9.29. The molecule has 0 spiro atoms. The van der Waals surface area contributed by atoms with Crippen molar-refractivity contribution in [2.75, 3.05) is 32.8 Å². The minimum absolute atomic E-state index is 0.307. The normalized spacial score (nSPS) is 17.0. The fraction of sp³-hybridized carbons (Fsp3) is 0.538. The molecule has 5 heteroatoms. The van der Waals surface area contributed by atoms with E-state index in [1.165, 1.54) is 0 Å². The van der Waals surface area contributed by atoms with Crippen LogP contribution in [-0.4, -0.2) is 42.9 Å². The fourth-order valence-corrected chi connectivity index (χ4v) is 3.00. The average molecular weight is 335 g/mol. The van der Waals surface area contributed by atoms with Crippen molar-refractivity contribution in [2.45, 2.75) is 12.8 Å². The maximum atomic E-state index is 9.92. The van der Waals surface area contributed by atoms with E-state index >= 15 is 0 Å². The molecule has 0 aliphatic carbocycles. The summed E-state index contributed by atoms with van der Waals surface area (Å²) in [6, 6.07) is 3.54. The highest BCUT2D eigenvalue weighted by molar-refractivity contribution is 9.10. The van der Waals surface area contributed by atoms with Gasteiger partial charge in [-0.25, -0.2) is 0 Å². The first-order chi connectivity index (χ1) is 8.66. The van der Waals surface area contributed by atoms with Crippen molar-refractivity contribution in [3.05, 3.63) is 27.2 Å². The molecule has 1 heterocycles. The molecule has 1 aromatic carbocycles. The minimum Gasteiger partial charge on any atom is -0.506 e. The predicted octanol–water partition coefficient (Wildman–Crippen LogP) is 3.07. The lowest BCUT2D eigenvalue weighted by atomic mass is 10.1. The standard InChI is InChI=1S/C13H17BrClNO2/c14-12-9-11(15)8-10(13(12)17)2-1-3-16-4-6-18-7-5-16/h8-9,17H,1-7H2. The van der Waals surface area contributed by atoms with Gasteiger partial charge < -0.3 is 9.84 Å². The van der Waals surface area contributed by atoms with Crippen molar-refractivity contribution in [2.24, 2.45) is 0 Å². The van der Waals surface area contributed by atoms with E-state index in [2.05, 4.69) is 20.8 Å². The highest BCUT2D eigenvalue weighted by Crippen LogP contribution is 2.32. The Balaban J connectivity index is 1.86. The summed E-state index contributed by atoms with van der Waals surface area (Å²) in [7, 11) is 0. The maximum Gasteiger partial charge on any atom is 0.133 e. The number of ether oxygens (including phenoxy) is 1. The molecule has 3 nitrogen and oxygen atoms in total. The minimum atomic E-state index is 0.307. The molecule has 1 aliphatic rings. The lowest BCUT2D eigenvalue weighted by Gasteiger charge is -2.26. The molecule has 0 radical (unpaired) electrons. The Kier molecular flexibility index (Phi) is 5.30. The third kappa shape index (κ3) is 3.85. The number of rotatable bonds is 4. The van der Waals surface area contributed by atoms with Gasteiger partial charge in [-0.1, -0.05) is 11.6 Å². The van der Waals surface area contributed by atoms with Gasteiger partial charge in [0.15, 0.2) is 0 Å². The molecule has 1 aromatic rings. The summed E-state index contributed by atoms with van der Waals surface area (Å²) < 4.78 is 5.97. The van der Waals surface area contributed by atoms with Crippen LogP contribution in [0.25, 0.3) is 0 Å². The van der Waals surface area contributed by atoms with Gasteiger partial charge >= 0.3 is 0 Å². The van der Waals surface area contributed by atoms with Crippen LogP contribution in [0, 0.1) is 0 Å². The second-order valence-corrected chi connectivity index (χ2v) is 5.74. The van der Waals surface area contributed by atoms with Gasteiger partial charge in [0.2, 0.25) is 0 Å². The fourth-order valence-electron chi connectivity index (χ4n) is 2.13. The highest BCUT2D eigenvalue weighted by atomic mass is 79.9. The molecular formula is C13H17BrClNO2. The van der Waals surface area contributed by atoms with E-state index in [0.717, 1.165) is 51.3 Å². The zero-order valence-corrected chi connectivity index (χ0v) is 12.5. The average Bonchev–Trinajstić information content (AvgIpc) is 2.36. The summed E-state index contributed by atoms with van der Waals surface area (Å²) in [5, 5.41) is 10.6. The number of phenolic OH excluding ortho intramolecular Hbond substituents is 1. The van der Waals surface area contributed by atoms with E-state index in [4.69, 9.17) is 16.3 Å². The molecule has 0 unspecified atom stereocenters. The summed E-state index contributed by atoms with van der Waals surface area (Å²) in [6.45, 7) is 4.70. The number of morpholine rings is 1. The monoisotopic (exact) mass is 333 g/mol. The molecule has 1 N–H and O–H groups in total. The van der Waals surface area contributed by atoms with Crippen LogP contribution < -0.4 is 0 Å². The molecular weight excluding hydrogens is 318 g/mol. The van der Waals surface area contributed by atoms with Crippen LogP contribution >= 0.6 is 27.5 Å². The Labute approximate surface area is 121 Å². The first kappa shape index (κ1) is 14.1. The van der Waals surface area contributed by atoms with E-state index in [-0.39, 0.29) is 0 Å². The summed E-state index contributed by atoms with van der Waals surface area (Å²) in [5.41, 5.74) is 0.905. The van der Waals surface area contributed by atoms with Gasteiger partial charge in [-0.2, -0.15) is 0 Å². The Morgan fingerprint density at radius 2 is 2.06 bits per heavy atom. The van der Waals surface area contributed by atoms with Gasteiger partial charge in [0.25, 0.3) is 0 Å². The Hall–Kier alpha value is -0.290. The molecule has 1 aliphatic heterocycles. The van der Waals surface area contributed by atoms with Gasteiger partial charge in [0.1, 0.15) is 5.75 Å². The van der Waals surface area contributed by atoms with Crippen LogP contribution in [0.5, 0.6) is 5.75 Å². The van der Waals surface area contributed by atoms with Crippen molar-refractivity contribution in [1.29, 1.82) is 0 Å². The number of benzene rings is 1. The highest BCUT2D eigenvalue weighted by Gasteiger charge is 2.11. The second kappa shape index (κ2) is 6.75. The third-order valence-corrected chi connectivity index (χ3v) is 3.95. The smallest absolute Gasteiger partial charge is 0.133 e. The lowest BCUT2D eigenvalue weighted by molar-refractivity contribution is 0.0374. The van der Waals surface area contributed by atoms with Crippen LogP contribution in [0.4, 0.5) is 0 Å². The van der Waals surface area contributed by atoms with Gasteiger partial charge in [-0.15, -0.1) is 0 Å². The van der Waals surface area contributed by atoms with Gasteiger partial charge in [0, 0.05) is 18.1 Å². The third-order valence-electron chi connectivity index (χ3n) is 3.13. The molecule has 0 amide bonds. The van der Waals surface area contributed by atoms with Gasteiger partial charge in [-0.05, 0) is 53.0 Å². The molecule has 1 saturated heterocycles. The molecule has 0 bridgehead atoms. The van der Waals surface area contributed by atoms with E-state index in [1.54, 1.807) is 6.07 Å². The van der Waals surface area contributed by atoms with Crippen LogP contribution in [0.15, 0.2) is 16.6 Å². The summed E-state index contributed by atoms with van der Waals surface area (Å²) in [5.74, 6) is 0.307. The number of phenols is 1. The number of hydrogen-bond acceptors (Lipinski definition) is 3. The second-order valence-electron chi connectivity index (χ2n) is 4.45. The SMILES string of the molecule is Oc1c(Br)cc(Cl)cc1CCCN1CCOCC1. The molecule has 18 heavy (non-hydrogen) atoms. The van der Waals surface area contributed by atoms with E-state index in [9.17, 15) is 5.11 Å². The number of aromatic hydroxyl groups is 1. The van der Waals surface area contributed by atoms with Crippen molar-refractivity contribution in [1.82, 2.24) is 4.90 Å². The Bertz CT molecular complexity index is 408. The molecule has 0 atom stereocenters. The number of halogens is 2. The first-order valence-electron chi connectivity index (χ1n) is 6.14. The maximum absolute atomic E-state index is 9.92. The van der Waals surface area contributed by atoms with Crippen molar-refractivity contribution < 1.29 is 9.84 Å². The predicted molar refractivity (Wildman–Crippen MR) is 76.4 cm³/mol. The quantitative estimate of drug-likeness (QED) is 0.918. The number of aryl methyl sites for hydroxylation is 1. The van der Waals surface area contributed by atoms with Crippen LogP contribution in [0.1, 0.15) is 12.0 Å². The van der Waals surface area contributed by atoms with Crippen molar-refractivity contribution in [3.8, 4) is 5.75 Å². The van der Waals surface area contributed by atoms with Crippen molar-refractivity contribution in [3.63, 3.8) is 0 Å². The molecule has 0 saturated carbocycles. The van der Waals surface area contributed by atoms with E-state index < -0.39 is 0 Å². The molecule has 100 valence electrons.